The Balaban J connectivity index is 1.86. The van der Waals surface area contributed by atoms with E-state index in [4.69, 9.17) is 11.6 Å². The van der Waals surface area contributed by atoms with Gasteiger partial charge in [0.2, 0.25) is 0 Å². The van der Waals surface area contributed by atoms with Gasteiger partial charge in [-0.25, -0.2) is 4.39 Å². The molecule has 0 amide bonds. The summed E-state index contributed by atoms with van der Waals surface area (Å²) >= 11 is 6.77. The van der Waals surface area contributed by atoms with E-state index in [-0.39, 0.29) is 22.9 Å². The maximum atomic E-state index is 13.6. The Bertz CT molecular complexity index is 793. The minimum atomic E-state index is -0.189. The summed E-state index contributed by atoms with van der Waals surface area (Å²) < 4.78 is 13.6. The fraction of sp³-hybridized carbons (Fsp3) is 0.478. The van der Waals surface area contributed by atoms with Gasteiger partial charge in [-0.05, 0) is 55.1 Å². The van der Waals surface area contributed by atoms with Gasteiger partial charge in [-0.15, -0.1) is 11.6 Å². The summed E-state index contributed by atoms with van der Waals surface area (Å²) in [5.74, 6) is 0.216. The molecule has 4 unspecified atom stereocenters. The van der Waals surface area contributed by atoms with Crippen molar-refractivity contribution in [2.45, 2.75) is 55.6 Å². The van der Waals surface area contributed by atoms with Crippen molar-refractivity contribution in [3.63, 3.8) is 0 Å². The van der Waals surface area contributed by atoms with E-state index in [0.29, 0.717) is 5.92 Å². The Morgan fingerprint density at radius 2 is 1.93 bits per heavy atom. The molecular weight excluding hydrogens is 359 g/mol. The lowest BCUT2D eigenvalue weighted by molar-refractivity contribution is -0.00487. The van der Waals surface area contributed by atoms with Gasteiger partial charge in [0.15, 0.2) is 0 Å². The van der Waals surface area contributed by atoms with E-state index in [9.17, 15) is 4.39 Å². The van der Waals surface area contributed by atoms with Gasteiger partial charge in [0.1, 0.15) is 5.82 Å². The highest BCUT2D eigenvalue weighted by Gasteiger charge is 2.54. The normalized spacial score (nSPS) is 31.0. The number of hydrogen-bond donors (Lipinski definition) is 1. The SMILES string of the molecule is CCCC1(C2CCc3ccccc32)C(c2ccc(F)cc2)NCC(Cl)N1C. The van der Waals surface area contributed by atoms with Gasteiger partial charge in [0, 0.05) is 18.0 Å². The first kappa shape index (κ1) is 18.9. The van der Waals surface area contributed by atoms with Crippen molar-refractivity contribution in [3.05, 3.63) is 71.0 Å². The third-order valence-electron chi connectivity index (χ3n) is 6.66. The Morgan fingerprint density at radius 3 is 2.67 bits per heavy atom. The summed E-state index contributed by atoms with van der Waals surface area (Å²) in [7, 11) is 2.17. The van der Waals surface area contributed by atoms with Crippen LogP contribution in [0.25, 0.3) is 0 Å². The van der Waals surface area contributed by atoms with Crippen LogP contribution in [-0.4, -0.2) is 29.5 Å². The molecule has 1 fully saturated rings. The molecule has 0 saturated carbocycles. The van der Waals surface area contributed by atoms with Crippen molar-refractivity contribution in [3.8, 4) is 0 Å². The second-order valence-corrected chi connectivity index (χ2v) is 8.47. The molecule has 144 valence electrons. The van der Waals surface area contributed by atoms with Crippen molar-refractivity contribution in [2.75, 3.05) is 13.6 Å². The smallest absolute Gasteiger partial charge is 0.123 e. The molecule has 2 aromatic carbocycles. The van der Waals surface area contributed by atoms with Gasteiger partial charge < -0.3 is 5.32 Å². The van der Waals surface area contributed by atoms with E-state index in [2.05, 4.69) is 48.5 Å². The number of nitrogens with zero attached hydrogens (tertiary/aromatic N) is 1. The van der Waals surface area contributed by atoms with Crippen LogP contribution < -0.4 is 5.32 Å². The van der Waals surface area contributed by atoms with E-state index in [0.717, 1.165) is 37.8 Å². The van der Waals surface area contributed by atoms with Crippen molar-refractivity contribution < 1.29 is 4.39 Å². The summed E-state index contributed by atoms with van der Waals surface area (Å²) in [4.78, 5) is 2.40. The lowest BCUT2D eigenvalue weighted by Gasteiger charge is -2.57. The van der Waals surface area contributed by atoms with Gasteiger partial charge in [-0.2, -0.15) is 0 Å². The first-order chi connectivity index (χ1) is 13.1. The molecule has 1 aliphatic carbocycles. The predicted molar refractivity (Wildman–Crippen MR) is 110 cm³/mol. The average molecular weight is 387 g/mol. The lowest BCUT2D eigenvalue weighted by atomic mass is 9.68. The first-order valence-corrected chi connectivity index (χ1v) is 10.4. The van der Waals surface area contributed by atoms with Crippen LogP contribution in [0.2, 0.25) is 0 Å². The number of alkyl halides is 1. The monoisotopic (exact) mass is 386 g/mol. The van der Waals surface area contributed by atoms with Crippen LogP contribution in [0.15, 0.2) is 48.5 Å². The first-order valence-electron chi connectivity index (χ1n) is 10.0. The number of aryl methyl sites for hydroxylation is 1. The second-order valence-electron chi connectivity index (χ2n) is 7.97. The van der Waals surface area contributed by atoms with E-state index in [1.165, 1.54) is 11.1 Å². The van der Waals surface area contributed by atoms with Gasteiger partial charge in [0.05, 0.1) is 11.5 Å². The minimum absolute atomic E-state index is 0.0546. The highest BCUT2D eigenvalue weighted by atomic mass is 35.5. The van der Waals surface area contributed by atoms with Crippen LogP contribution in [0.3, 0.4) is 0 Å². The number of likely N-dealkylation sites (N-methyl/N-ethyl adjacent to an activating group) is 1. The molecule has 27 heavy (non-hydrogen) atoms. The van der Waals surface area contributed by atoms with Gasteiger partial charge in [0.25, 0.3) is 0 Å². The molecule has 4 heteroatoms. The van der Waals surface area contributed by atoms with Crippen LogP contribution in [0.4, 0.5) is 4.39 Å². The zero-order valence-corrected chi connectivity index (χ0v) is 16.8. The Labute approximate surface area is 166 Å². The molecule has 4 rings (SSSR count). The Kier molecular flexibility index (Phi) is 5.28. The lowest BCUT2D eigenvalue weighted by Crippen LogP contribution is -2.66. The molecule has 0 bridgehead atoms. The molecule has 1 aliphatic heterocycles. The van der Waals surface area contributed by atoms with Crippen LogP contribution in [0, 0.1) is 5.82 Å². The zero-order valence-electron chi connectivity index (χ0n) is 16.1. The Morgan fingerprint density at radius 1 is 1.19 bits per heavy atom. The van der Waals surface area contributed by atoms with Crippen LogP contribution in [0.1, 0.15) is 54.8 Å². The summed E-state index contributed by atoms with van der Waals surface area (Å²) in [5, 5.41) is 3.72. The van der Waals surface area contributed by atoms with E-state index >= 15 is 0 Å². The number of hydrogen-bond acceptors (Lipinski definition) is 2. The molecule has 2 nitrogen and oxygen atoms in total. The maximum Gasteiger partial charge on any atom is 0.123 e. The molecule has 2 aromatic rings. The number of benzene rings is 2. The molecule has 1 heterocycles. The zero-order chi connectivity index (χ0) is 19.0. The topological polar surface area (TPSA) is 15.3 Å². The fourth-order valence-electron chi connectivity index (χ4n) is 5.47. The highest BCUT2D eigenvalue weighted by molar-refractivity contribution is 6.20. The molecule has 1 saturated heterocycles. The van der Waals surface area contributed by atoms with E-state index in [1.807, 2.05) is 12.1 Å². The second kappa shape index (κ2) is 7.54. The average Bonchev–Trinajstić information content (AvgIpc) is 3.11. The minimum Gasteiger partial charge on any atom is -0.306 e. The van der Waals surface area contributed by atoms with Crippen LogP contribution in [0.5, 0.6) is 0 Å². The molecule has 0 spiro atoms. The number of rotatable bonds is 4. The molecule has 1 N–H and O–H groups in total. The molecular formula is C23H28ClFN2. The summed E-state index contributed by atoms with van der Waals surface area (Å²) in [6.07, 6.45) is 4.36. The highest BCUT2D eigenvalue weighted by Crippen LogP contribution is 2.53. The van der Waals surface area contributed by atoms with Crippen molar-refractivity contribution in [2.24, 2.45) is 0 Å². The maximum absolute atomic E-state index is 13.6. The quantitative estimate of drug-likeness (QED) is 0.571. The number of fused-ring (bicyclic) bond motifs is 1. The fourth-order valence-corrected chi connectivity index (χ4v) is 5.74. The Hall–Kier alpha value is -1.42. The largest absolute Gasteiger partial charge is 0.306 e. The summed E-state index contributed by atoms with van der Waals surface area (Å²) in [6, 6.07) is 16.0. The number of nitrogens with one attached hydrogen (secondary N) is 1. The van der Waals surface area contributed by atoms with E-state index in [1.54, 1.807) is 12.1 Å². The van der Waals surface area contributed by atoms with Gasteiger partial charge >= 0.3 is 0 Å². The standard InChI is InChI=1S/C23H28ClFN2/c1-3-14-23(20-13-10-16-6-4-5-7-19(16)20)22(26-15-21(24)27(23)2)17-8-11-18(25)12-9-17/h4-9,11-12,20-22,26H,3,10,13-15H2,1-2H3. The molecule has 0 aromatic heterocycles. The van der Waals surface area contributed by atoms with Gasteiger partial charge in [-0.3, -0.25) is 4.90 Å². The molecule has 4 atom stereocenters. The molecule has 2 aliphatic rings. The van der Waals surface area contributed by atoms with Gasteiger partial charge in [-0.1, -0.05) is 49.7 Å². The van der Waals surface area contributed by atoms with Crippen molar-refractivity contribution in [1.29, 1.82) is 0 Å². The number of halogens is 2. The summed E-state index contributed by atoms with van der Waals surface area (Å²) in [6.45, 7) is 2.97. The third-order valence-corrected chi connectivity index (χ3v) is 7.10. The number of piperazine rings is 1. The predicted octanol–water partition coefficient (Wildman–Crippen LogP) is 5.24. The van der Waals surface area contributed by atoms with Crippen LogP contribution in [-0.2, 0) is 6.42 Å². The van der Waals surface area contributed by atoms with Crippen molar-refractivity contribution >= 4 is 11.6 Å². The van der Waals surface area contributed by atoms with E-state index < -0.39 is 0 Å². The van der Waals surface area contributed by atoms with Crippen LogP contribution >= 0.6 is 11.6 Å². The molecule has 0 radical (unpaired) electrons. The third kappa shape index (κ3) is 3.10. The summed E-state index contributed by atoms with van der Waals surface area (Å²) in [5.41, 5.74) is 3.87. The van der Waals surface area contributed by atoms with Crippen molar-refractivity contribution in [1.82, 2.24) is 10.2 Å².